The van der Waals surface area contributed by atoms with Gasteiger partial charge in [0.05, 0.1) is 6.07 Å². The number of hydrogen-bond acceptors (Lipinski definition) is 2. The third-order valence-corrected chi connectivity index (χ3v) is 2.28. The van der Waals surface area contributed by atoms with Gasteiger partial charge in [-0.3, -0.25) is 4.79 Å². The smallest absolute Gasteiger partial charge is 0.226 e. The van der Waals surface area contributed by atoms with E-state index in [9.17, 15) is 4.79 Å². The van der Waals surface area contributed by atoms with Crippen LogP contribution in [0.15, 0.2) is 30.3 Å². The molecule has 3 nitrogen and oxygen atoms in total. The van der Waals surface area contributed by atoms with Crippen molar-refractivity contribution >= 4 is 5.91 Å². The highest BCUT2D eigenvalue weighted by Crippen LogP contribution is 2.08. The van der Waals surface area contributed by atoms with E-state index in [1.807, 2.05) is 50.2 Å². The average Bonchev–Trinajstić information content (AvgIpc) is 2.29. The second-order valence-electron chi connectivity index (χ2n) is 3.99. The van der Waals surface area contributed by atoms with Crippen molar-refractivity contribution < 1.29 is 4.79 Å². The van der Waals surface area contributed by atoms with Crippen molar-refractivity contribution in [2.75, 3.05) is 6.54 Å². The second kappa shape index (κ2) is 5.92. The zero-order valence-corrected chi connectivity index (χ0v) is 9.68. The van der Waals surface area contributed by atoms with E-state index in [2.05, 4.69) is 0 Å². The van der Waals surface area contributed by atoms with Gasteiger partial charge < -0.3 is 4.90 Å². The number of nitriles is 1. The minimum Gasteiger partial charge on any atom is -0.325 e. The minimum absolute atomic E-state index is 0.0189. The van der Waals surface area contributed by atoms with Crippen LogP contribution in [0, 0.1) is 17.2 Å². The van der Waals surface area contributed by atoms with E-state index in [4.69, 9.17) is 5.26 Å². The summed E-state index contributed by atoms with van der Waals surface area (Å²) in [6.07, 6.45) is 0. The van der Waals surface area contributed by atoms with Gasteiger partial charge >= 0.3 is 0 Å². The Labute approximate surface area is 96.3 Å². The molecular formula is C13H16N2O. The summed E-state index contributed by atoms with van der Waals surface area (Å²) < 4.78 is 0. The molecule has 0 unspecified atom stereocenters. The van der Waals surface area contributed by atoms with Gasteiger partial charge in [0.2, 0.25) is 5.91 Å². The third kappa shape index (κ3) is 3.39. The van der Waals surface area contributed by atoms with Gasteiger partial charge in [-0.05, 0) is 5.56 Å². The largest absolute Gasteiger partial charge is 0.325 e. The number of benzene rings is 1. The normalized spacial score (nSPS) is 9.88. The summed E-state index contributed by atoms with van der Waals surface area (Å²) in [6.45, 7) is 4.34. The number of carbonyl (C=O) groups excluding carboxylic acids is 1. The summed E-state index contributed by atoms with van der Waals surface area (Å²) in [4.78, 5) is 13.4. The fourth-order valence-corrected chi connectivity index (χ4v) is 1.47. The molecule has 0 atom stereocenters. The molecule has 0 fully saturated rings. The molecule has 16 heavy (non-hydrogen) atoms. The lowest BCUT2D eigenvalue weighted by Gasteiger charge is -2.21. The molecule has 1 rings (SSSR count). The molecule has 0 bridgehead atoms. The first-order valence-electron chi connectivity index (χ1n) is 5.34. The first-order chi connectivity index (χ1) is 7.65. The van der Waals surface area contributed by atoms with Gasteiger partial charge in [-0.1, -0.05) is 44.2 Å². The highest BCUT2D eigenvalue weighted by atomic mass is 16.2. The molecule has 0 aliphatic carbocycles. The van der Waals surface area contributed by atoms with Crippen LogP contribution in [0.2, 0.25) is 0 Å². The molecule has 1 aromatic carbocycles. The van der Waals surface area contributed by atoms with E-state index in [1.54, 1.807) is 4.90 Å². The summed E-state index contributed by atoms with van der Waals surface area (Å²) >= 11 is 0. The second-order valence-corrected chi connectivity index (χ2v) is 3.99. The SMILES string of the molecule is CC(C)C(=O)N(CC#N)Cc1ccccc1. The number of carbonyl (C=O) groups is 1. The number of rotatable bonds is 4. The molecule has 84 valence electrons. The molecule has 0 saturated heterocycles. The monoisotopic (exact) mass is 216 g/mol. The molecule has 0 heterocycles. The quantitative estimate of drug-likeness (QED) is 0.724. The van der Waals surface area contributed by atoms with E-state index >= 15 is 0 Å². The first kappa shape index (κ1) is 12.3. The fraction of sp³-hybridized carbons (Fsp3) is 0.385. The Bertz CT molecular complexity index is 379. The van der Waals surface area contributed by atoms with Crippen molar-refractivity contribution in [2.24, 2.45) is 5.92 Å². The lowest BCUT2D eigenvalue weighted by Crippen LogP contribution is -2.34. The maximum atomic E-state index is 11.8. The van der Waals surface area contributed by atoms with Gasteiger partial charge in [-0.15, -0.1) is 0 Å². The van der Waals surface area contributed by atoms with Gasteiger partial charge in [-0.2, -0.15) is 5.26 Å². The van der Waals surface area contributed by atoms with Crippen molar-refractivity contribution in [3.8, 4) is 6.07 Å². The Kier molecular flexibility index (Phi) is 4.53. The van der Waals surface area contributed by atoms with Crippen molar-refractivity contribution in [2.45, 2.75) is 20.4 Å². The minimum atomic E-state index is -0.0722. The number of nitrogens with zero attached hydrogens (tertiary/aromatic N) is 2. The Morgan fingerprint density at radius 3 is 2.50 bits per heavy atom. The van der Waals surface area contributed by atoms with E-state index < -0.39 is 0 Å². The van der Waals surface area contributed by atoms with Crippen LogP contribution in [0.5, 0.6) is 0 Å². The van der Waals surface area contributed by atoms with Crippen LogP contribution in [0.25, 0.3) is 0 Å². The van der Waals surface area contributed by atoms with Crippen molar-refractivity contribution in [3.63, 3.8) is 0 Å². The maximum Gasteiger partial charge on any atom is 0.226 e. The van der Waals surface area contributed by atoms with Gasteiger partial charge in [0, 0.05) is 12.5 Å². The van der Waals surface area contributed by atoms with Crippen LogP contribution in [0.1, 0.15) is 19.4 Å². The van der Waals surface area contributed by atoms with Crippen molar-refractivity contribution in [1.29, 1.82) is 5.26 Å². The summed E-state index contributed by atoms with van der Waals surface area (Å²) in [5, 5.41) is 8.70. The van der Waals surface area contributed by atoms with Crippen LogP contribution in [0.3, 0.4) is 0 Å². The highest BCUT2D eigenvalue weighted by molar-refractivity contribution is 5.78. The molecule has 3 heteroatoms. The summed E-state index contributed by atoms with van der Waals surface area (Å²) in [6, 6.07) is 11.7. The third-order valence-electron chi connectivity index (χ3n) is 2.28. The molecule has 0 saturated carbocycles. The topological polar surface area (TPSA) is 44.1 Å². The van der Waals surface area contributed by atoms with Gasteiger partial charge in [-0.25, -0.2) is 0 Å². The van der Waals surface area contributed by atoms with Crippen molar-refractivity contribution in [1.82, 2.24) is 4.90 Å². The predicted molar refractivity (Wildman–Crippen MR) is 62.3 cm³/mol. The molecule has 0 aliphatic rings. The standard InChI is InChI=1S/C13H16N2O/c1-11(2)13(16)15(9-8-14)10-12-6-4-3-5-7-12/h3-7,11H,9-10H2,1-2H3. The zero-order chi connectivity index (χ0) is 12.0. The van der Waals surface area contributed by atoms with Crippen LogP contribution in [-0.4, -0.2) is 17.4 Å². The van der Waals surface area contributed by atoms with Gasteiger partial charge in [0.1, 0.15) is 6.54 Å². The molecule has 0 N–H and O–H groups in total. The summed E-state index contributed by atoms with van der Waals surface area (Å²) in [5.74, 6) is -0.0533. The molecule has 1 aromatic rings. The molecule has 0 radical (unpaired) electrons. The van der Waals surface area contributed by atoms with Crippen LogP contribution >= 0.6 is 0 Å². The predicted octanol–water partition coefficient (Wildman–Crippen LogP) is 2.19. The van der Waals surface area contributed by atoms with Gasteiger partial charge in [0.25, 0.3) is 0 Å². The molecule has 0 spiro atoms. The Morgan fingerprint density at radius 2 is 2.00 bits per heavy atom. The van der Waals surface area contributed by atoms with E-state index in [1.165, 1.54) is 0 Å². The Morgan fingerprint density at radius 1 is 1.38 bits per heavy atom. The summed E-state index contributed by atoms with van der Waals surface area (Å²) in [5.41, 5.74) is 1.05. The molecule has 0 aromatic heterocycles. The van der Waals surface area contributed by atoms with Crippen LogP contribution in [0.4, 0.5) is 0 Å². The Hall–Kier alpha value is -1.82. The van der Waals surface area contributed by atoms with Gasteiger partial charge in [0.15, 0.2) is 0 Å². The molecular weight excluding hydrogens is 200 g/mol. The number of amides is 1. The van der Waals surface area contributed by atoms with E-state index in [0.29, 0.717) is 6.54 Å². The number of hydrogen-bond donors (Lipinski definition) is 0. The van der Waals surface area contributed by atoms with Crippen molar-refractivity contribution in [3.05, 3.63) is 35.9 Å². The van der Waals surface area contributed by atoms with E-state index in [0.717, 1.165) is 5.56 Å². The highest BCUT2D eigenvalue weighted by Gasteiger charge is 2.16. The Balaban J connectivity index is 2.73. The van der Waals surface area contributed by atoms with Crippen LogP contribution < -0.4 is 0 Å². The average molecular weight is 216 g/mol. The van der Waals surface area contributed by atoms with Crippen LogP contribution in [-0.2, 0) is 11.3 Å². The lowest BCUT2D eigenvalue weighted by atomic mass is 10.1. The molecule has 1 amide bonds. The maximum absolute atomic E-state index is 11.8. The molecule has 0 aliphatic heterocycles. The lowest BCUT2D eigenvalue weighted by molar-refractivity contribution is -0.134. The first-order valence-corrected chi connectivity index (χ1v) is 5.34. The zero-order valence-electron chi connectivity index (χ0n) is 9.68. The van der Waals surface area contributed by atoms with E-state index in [-0.39, 0.29) is 18.4 Å². The summed E-state index contributed by atoms with van der Waals surface area (Å²) in [7, 11) is 0. The fourth-order valence-electron chi connectivity index (χ4n) is 1.47.